The van der Waals surface area contributed by atoms with E-state index in [0.717, 1.165) is 18.3 Å². The second-order valence-corrected chi connectivity index (χ2v) is 8.00. The molecule has 180 valence electrons. The first kappa shape index (κ1) is 23.9. The van der Waals surface area contributed by atoms with Crippen molar-refractivity contribution in [2.75, 3.05) is 0 Å². The number of carbonyl (C=O) groups is 1. The van der Waals surface area contributed by atoms with Crippen LogP contribution in [0, 0.1) is 5.82 Å². The predicted molar refractivity (Wildman–Crippen MR) is 111 cm³/mol. The van der Waals surface area contributed by atoms with Gasteiger partial charge in [-0.25, -0.2) is 4.39 Å². The smallest absolute Gasteiger partial charge is 0.433 e. The average molecular weight is 500 g/mol. The van der Waals surface area contributed by atoms with Crippen molar-refractivity contribution in [3.8, 4) is 17.2 Å². The lowest BCUT2D eigenvalue weighted by atomic mass is 9.98. The molecule has 4 rings (SSSR count). The topological polar surface area (TPSA) is 102 Å². The van der Waals surface area contributed by atoms with Crippen LogP contribution in [0.1, 0.15) is 37.4 Å². The van der Waals surface area contributed by atoms with Gasteiger partial charge in [-0.3, -0.25) is 15.1 Å². The molecule has 0 aliphatic carbocycles. The lowest BCUT2D eigenvalue weighted by Crippen LogP contribution is -2.56. The van der Waals surface area contributed by atoms with Crippen LogP contribution in [0.2, 0.25) is 5.02 Å². The molecular formula is C21H18ClF4N5O3. The molecule has 0 spiro atoms. The van der Waals surface area contributed by atoms with Crippen LogP contribution in [0.25, 0.3) is 11.5 Å². The molecule has 3 aromatic rings. The molecule has 2 aromatic heterocycles. The van der Waals surface area contributed by atoms with Crippen molar-refractivity contribution in [2.24, 2.45) is 0 Å². The zero-order chi connectivity index (χ0) is 24.5. The number of aromatic nitrogens is 3. The molecule has 0 saturated carbocycles. The number of benzene rings is 1. The maximum atomic E-state index is 13.8. The SMILES string of the molecule is CC(=O)N[C@H]1CC[C@H](c2nnc(-c3ccc(C(F)(F)F)nc3)o2)NC1Oc1ccc(Cl)c(F)c1. The highest BCUT2D eigenvalue weighted by Gasteiger charge is 2.36. The summed E-state index contributed by atoms with van der Waals surface area (Å²) in [4.78, 5) is 15.0. The van der Waals surface area contributed by atoms with E-state index >= 15 is 0 Å². The molecule has 1 unspecified atom stereocenters. The van der Waals surface area contributed by atoms with Gasteiger partial charge >= 0.3 is 6.18 Å². The van der Waals surface area contributed by atoms with E-state index in [2.05, 4.69) is 25.8 Å². The molecule has 34 heavy (non-hydrogen) atoms. The van der Waals surface area contributed by atoms with E-state index in [1.165, 1.54) is 25.1 Å². The summed E-state index contributed by atoms with van der Waals surface area (Å²) >= 11 is 5.72. The van der Waals surface area contributed by atoms with E-state index in [9.17, 15) is 22.4 Å². The standard InChI is InChI=1S/C21H18ClF4N5O3/c1-10(32)28-15-5-6-16(29-19(15)33-12-3-4-13(22)14(23)8-12)20-31-30-18(34-20)11-2-7-17(27-9-11)21(24,25)26/h2-4,7-9,15-16,19,29H,5-6H2,1H3,(H,28,32)/t15-,16+,19?/m0/s1. The molecular weight excluding hydrogens is 482 g/mol. The third-order valence-electron chi connectivity index (χ3n) is 5.08. The Balaban J connectivity index is 1.51. The number of amides is 1. The fourth-order valence-corrected chi connectivity index (χ4v) is 3.61. The van der Waals surface area contributed by atoms with Crippen molar-refractivity contribution in [1.82, 2.24) is 25.8 Å². The van der Waals surface area contributed by atoms with Gasteiger partial charge in [-0.15, -0.1) is 10.2 Å². The van der Waals surface area contributed by atoms with Gasteiger partial charge in [-0.2, -0.15) is 13.2 Å². The number of halogens is 5. The molecule has 0 radical (unpaired) electrons. The van der Waals surface area contributed by atoms with E-state index in [0.29, 0.717) is 12.8 Å². The molecule has 1 aliphatic heterocycles. The normalized spacial score (nSPS) is 20.7. The minimum absolute atomic E-state index is 0.000695. The highest BCUT2D eigenvalue weighted by atomic mass is 35.5. The van der Waals surface area contributed by atoms with Gasteiger partial charge in [0.2, 0.25) is 17.7 Å². The minimum Gasteiger partial charge on any atom is -0.473 e. The Labute approximate surface area is 195 Å². The summed E-state index contributed by atoms with van der Waals surface area (Å²) < 4.78 is 63.5. The number of rotatable bonds is 5. The van der Waals surface area contributed by atoms with E-state index in [-0.39, 0.29) is 34.0 Å². The number of piperidine rings is 1. The third-order valence-corrected chi connectivity index (χ3v) is 5.39. The maximum Gasteiger partial charge on any atom is 0.433 e. The fraction of sp³-hybridized carbons (Fsp3) is 0.333. The number of nitrogens with one attached hydrogen (secondary N) is 2. The Kier molecular flexibility index (Phi) is 6.71. The predicted octanol–water partition coefficient (Wildman–Crippen LogP) is 4.28. The summed E-state index contributed by atoms with van der Waals surface area (Å²) in [5.41, 5.74) is -0.810. The number of carbonyl (C=O) groups excluding carboxylic acids is 1. The molecule has 3 heterocycles. The minimum atomic E-state index is -4.56. The number of hydrogen-bond donors (Lipinski definition) is 2. The lowest BCUT2D eigenvalue weighted by Gasteiger charge is -2.36. The Morgan fingerprint density at radius 2 is 2.03 bits per heavy atom. The number of ether oxygens (including phenoxy) is 1. The van der Waals surface area contributed by atoms with Crippen LogP contribution < -0.4 is 15.4 Å². The first-order valence-electron chi connectivity index (χ1n) is 10.1. The quantitative estimate of drug-likeness (QED) is 0.505. The van der Waals surface area contributed by atoms with Crippen LogP contribution in [-0.4, -0.2) is 33.4 Å². The molecule has 2 N–H and O–H groups in total. The van der Waals surface area contributed by atoms with Crippen molar-refractivity contribution in [3.05, 3.63) is 59.0 Å². The average Bonchev–Trinajstić information content (AvgIpc) is 3.27. The number of nitrogens with zero attached hydrogens (tertiary/aromatic N) is 3. The number of pyridine rings is 1. The molecule has 1 fully saturated rings. The zero-order valence-corrected chi connectivity index (χ0v) is 18.3. The van der Waals surface area contributed by atoms with Crippen molar-refractivity contribution in [2.45, 2.75) is 44.3 Å². The van der Waals surface area contributed by atoms with Gasteiger partial charge in [0.25, 0.3) is 0 Å². The molecule has 8 nitrogen and oxygen atoms in total. The van der Waals surface area contributed by atoms with Gasteiger partial charge in [-0.1, -0.05) is 11.6 Å². The second kappa shape index (κ2) is 9.55. The number of alkyl halides is 3. The van der Waals surface area contributed by atoms with Crippen molar-refractivity contribution in [3.63, 3.8) is 0 Å². The van der Waals surface area contributed by atoms with Crippen molar-refractivity contribution < 1.29 is 31.5 Å². The molecule has 1 aliphatic rings. The van der Waals surface area contributed by atoms with Gasteiger partial charge in [-0.05, 0) is 37.1 Å². The summed E-state index contributed by atoms with van der Waals surface area (Å²) in [5.74, 6) is -0.561. The van der Waals surface area contributed by atoms with E-state index in [1.54, 1.807) is 0 Å². The zero-order valence-electron chi connectivity index (χ0n) is 17.6. The second-order valence-electron chi connectivity index (χ2n) is 7.59. The maximum absolute atomic E-state index is 13.8. The van der Waals surface area contributed by atoms with E-state index in [1.807, 2.05) is 0 Å². The van der Waals surface area contributed by atoms with E-state index in [4.69, 9.17) is 20.8 Å². The first-order valence-corrected chi connectivity index (χ1v) is 10.5. The van der Waals surface area contributed by atoms with Crippen LogP contribution >= 0.6 is 11.6 Å². The Bertz CT molecular complexity index is 1170. The largest absolute Gasteiger partial charge is 0.473 e. The Morgan fingerprint density at radius 3 is 2.68 bits per heavy atom. The molecule has 3 atom stereocenters. The van der Waals surface area contributed by atoms with Crippen LogP contribution in [-0.2, 0) is 11.0 Å². The van der Waals surface area contributed by atoms with Crippen LogP contribution in [0.5, 0.6) is 5.75 Å². The molecule has 1 aromatic carbocycles. The van der Waals surface area contributed by atoms with Gasteiger partial charge in [0.1, 0.15) is 17.3 Å². The van der Waals surface area contributed by atoms with Gasteiger partial charge < -0.3 is 14.5 Å². The Hall–Kier alpha value is -3.25. The van der Waals surface area contributed by atoms with Gasteiger partial charge in [0, 0.05) is 19.2 Å². The van der Waals surface area contributed by atoms with Gasteiger partial charge in [0.05, 0.1) is 22.7 Å². The van der Waals surface area contributed by atoms with Crippen LogP contribution in [0.4, 0.5) is 17.6 Å². The summed E-state index contributed by atoms with van der Waals surface area (Å²) in [5, 5.41) is 13.8. The molecule has 13 heteroatoms. The summed E-state index contributed by atoms with van der Waals surface area (Å²) in [7, 11) is 0. The van der Waals surface area contributed by atoms with E-state index < -0.39 is 36.0 Å². The fourth-order valence-electron chi connectivity index (χ4n) is 3.49. The monoisotopic (exact) mass is 499 g/mol. The van der Waals surface area contributed by atoms with Crippen LogP contribution in [0.15, 0.2) is 40.9 Å². The third kappa shape index (κ3) is 5.45. The number of hydrogen-bond acceptors (Lipinski definition) is 7. The molecule has 1 amide bonds. The summed E-state index contributed by atoms with van der Waals surface area (Å²) in [6.45, 7) is 1.37. The Morgan fingerprint density at radius 1 is 1.24 bits per heavy atom. The summed E-state index contributed by atoms with van der Waals surface area (Å²) in [6.07, 6.45) is -3.38. The molecule has 1 saturated heterocycles. The summed E-state index contributed by atoms with van der Waals surface area (Å²) in [6, 6.07) is 5.05. The highest BCUT2D eigenvalue weighted by Crippen LogP contribution is 2.31. The van der Waals surface area contributed by atoms with Crippen LogP contribution in [0.3, 0.4) is 0 Å². The lowest BCUT2D eigenvalue weighted by molar-refractivity contribution is -0.141. The van der Waals surface area contributed by atoms with Crippen molar-refractivity contribution in [1.29, 1.82) is 0 Å². The highest BCUT2D eigenvalue weighted by molar-refractivity contribution is 6.30. The van der Waals surface area contributed by atoms with Crippen molar-refractivity contribution >= 4 is 17.5 Å². The molecule has 0 bridgehead atoms. The van der Waals surface area contributed by atoms with Gasteiger partial charge in [0.15, 0.2) is 6.23 Å². The first-order chi connectivity index (χ1) is 16.1.